The largest absolute Gasteiger partial charge is 0.504 e. The molecule has 3 aromatic rings. The smallest absolute Gasteiger partial charge is 0.189 e. The molecule has 0 saturated heterocycles. The van der Waals surface area contributed by atoms with E-state index >= 15 is 0 Å². The summed E-state index contributed by atoms with van der Waals surface area (Å²) < 4.78 is 12.7. The molecule has 2 N–H and O–H groups in total. The predicted octanol–water partition coefficient (Wildman–Crippen LogP) is 7.00. The zero-order chi connectivity index (χ0) is 26.7. The summed E-state index contributed by atoms with van der Waals surface area (Å²) in [5.74, 6) is 1.35. The second-order valence-corrected chi connectivity index (χ2v) is 12.0. The summed E-state index contributed by atoms with van der Waals surface area (Å²) in [6.45, 7) is 12.4. The molecule has 1 unspecified atom stereocenters. The van der Waals surface area contributed by atoms with Crippen molar-refractivity contribution in [2.24, 2.45) is 0 Å². The molecular weight excluding hydrogens is 464 g/mol. The van der Waals surface area contributed by atoms with Gasteiger partial charge in [-0.3, -0.25) is 0 Å². The van der Waals surface area contributed by atoms with Crippen molar-refractivity contribution in [3.63, 3.8) is 0 Å². The van der Waals surface area contributed by atoms with Crippen LogP contribution < -0.4 is 9.47 Å². The standard InChI is InChI=1S/C31H28N2O4/c1-15-16(2)18(12-33)28-27(17(15)11-32)36-25-9-20-22(10-26(25)37-28)31(14-30(20,5)6)13-29(3,4)19-7-23(34)24(35)8-21(19)31/h7-10,34-35H,13-14H2,1-6H3. The summed E-state index contributed by atoms with van der Waals surface area (Å²) in [6.07, 6.45) is 1.63. The first-order chi connectivity index (χ1) is 17.3. The summed E-state index contributed by atoms with van der Waals surface area (Å²) in [7, 11) is 0. The minimum atomic E-state index is -0.388. The van der Waals surface area contributed by atoms with Gasteiger partial charge in [0.15, 0.2) is 34.5 Å². The minimum Gasteiger partial charge on any atom is -0.504 e. The topological polar surface area (TPSA) is 107 Å². The Kier molecular flexibility index (Phi) is 4.39. The SMILES string of the molecule is Cc1c(C)c(C#N)c2c(c1C#N)Oc1cc3c(cc1O2)C1(CC(C)(C)c2cc(O)c(O)cc21)CC3(C)C. The predicted molar refractivity (Wildman–Crippen MR) is 138 cm³/mol. The van der Waals surface area contributed by atoms with Crippen LogP contribution in [0, 0.1) is 36.5 Å². The fourth-order valence-electron chi connectivity index (χ4n) is 7.12. The van der Waals surface area contributed by atoms with Crippen LogP contribution in [0.15, 0.2) is 24.3 Å². The number of ether oxygens (including phenoxy) is 2. The van der Waals surface area contributed by atoms with Gasteiger partial charge in [0, 0.05) is 5.41 Å². The van der Waals surface area contributed by atoms with E-state index in [2.05, 4.69) is 39.8 Å². The van der Waals surface area contributed by atoms with Gasteiger partial charge in [-0.25, -0.2) is 0 Å². The molecule has 0 amide bonds. The normalized spacial score (nSPS) is 21.1. The molecule has 0 aromatic heterocycles. The Hall–Kier alpha value is -4.16. The molecule has 6 heteroatoms. The zero-order valence-electron chi connectivity index (χ0n) is 21.8. The van der Waals surface area contributed by atoms with Crippen LogP contribution in [0.1, 0.15) is 85.0 Å². The van der Waals surface area contributed by atoms with Gasteiger partial charge in [0.05, 0.1) is 0 Å². The lowest BCUT2D eigenvalue weighted by atomic mass is 9.72. The minimum absolute atomic E-state index is 0.108. The van der Waals surface area contributed by atoms with E-state index in [0.29, 0.717) is 33.8 Å². The van der Waals surface area contributed by atoms with Gasteiger partial charge in [0.25, 0.3) is 0 Å². The number of rotatable bonds is 0. The number of benzene rings is 3. The fourth-order valence-corrected chi connectivity index (χ4v) is 7.12. The van der Waals surface area contributed by atoms with Gasteiger partial charge < -0.3 is 19.7 Å². The number of phenolic OH excluding ortho intramolecular Hbond substituents is 2. The van der Waals surface area contributed by atoms with E-state index in [1.54, 1.807) is 12.1 Å². The van der Waals surface area contributed by atoms with Gasteiger partial charge in [-0.05, 0) is 95.2 Å². The Morgan fingerprint density at radius 3 is 1.51 bits per heavy atom. The molecule has 1 heterocycles. The summed E-state index contributed by atoms with van der Waals surface area (Å²) in [5, 5.41) is 40.5. The van der Waals surface area contributed by atoms with E-state index in [0.717, 1.165) is 35.1 Å². The van der Waals surface area contributed by atoms with E-state index in [1.165, 1.54) is 0 Å². The Labute approximate surface area is 216 Å². The average Bonchev–Trinajstić information content (AvgIpc) is 3.17. The highest BCUT2D eigenvalue weighted by molar-refractivity contribution is 5.73. The van der Waals surface area contributed by atoms with Gasteiger partial charge in [-0.15, -0.1) is 0 Å². The highest BCUT2D eigenvalue weighted by atomic mass is 16.6. The number of nitrogens with zero attached hydrogens (tertiary/aromatic N) is 2. The molecule has 0 bridgehead atoms. The quantitative estimate of drug-likeness (QED) is 0.256. The lowest BCUT2D eigenvalue weighted by molar-refractivity contribution is 0.348. The van der Waals surface area contributed by atoms with Crippen LogP contribution in [0.4, 0.5) is 0 Å². The molecule has 0 saturated carbocycles. The third kappa shape index (κ3) is 2.84. The van der Waals surface area contributed by atoms with Gasteiger partial charge in [-0.1, -0.05) is 27.7 Å². The van der Waals surface area contributed by atoms with Crippen LogP contribution in [-0.2, 0) is 16.2 Å². The lowest BCUT2D eigenvalue weighted by Gasteiger charge is -2.31. The van der Waals surface area contributed by atoms with Crippen molar-refractivity contribution in [1.29, 1.82) is 10.5 Å². The van der Waals surface area contributed by atoms with Crippen molar-refractivity contribution in [2.75, 3.05) is 0 Å². The Balaban J connectivity index is 1.60. The van der Waals surface area contributed by atoms with Crippen LogP contribution in [0.2, 0.25) is 0 Å². The van der Waals surface area contributed by atoms with Crippen LogP contribution in [0.3, 0.4) is 0 Å². The molecule has 3 aliphatic rings. The Bertz CT molecular complexity index is 1650. The second-order valence-electron chi connectivity index (χ2n) is 12.0. The average molecular weight is 493 g/mol. The molecule has 2 aliphatic carbocycles. The first-order valence-corrected chi connectivity index (χ1v) is 12.4. The van der Waals surface area contributed by atoms with E-state index in [-0.39, 0.29) is 39.2 Å². The first kappa shape index (κ1) is 23.3. The number of nitriles is 2. The molecule has 0 fully saturated rings. The summed E-state index contributed by atoms with van der Waals surface area (Å²) in [4.78, 5) is 0. The second kappa shape index (κ2) is 6.99. The maximum absolute atomic E-state index is 10.5. The molecule has 1 spiro atoms. The van der Waals surface area contributed by atoms with Crippen molar-refractivity contribution in [3.8, 4) is 46.6 Å². The molecular formula is C31H28N2O4. The third-order valence-corrected chi connectivity index (χ3v) is 8.80. The van der Waals surface area contributed by atoms with Crippen molar-refractivity contribution in [3.05, 3.63) is 68.8 Å². The molecule has 186 valence electrons. The van der Waals surface area contributed by atoms with E-state index in [4.69, 9.17) is 9.47 Å². The zero-order valence-corrected chi connectivity index (χ0v) is 21.8. The van der Waals surface area contributed by atoms with Crippen LogP contribution in [0.5, 0.6) is 34.5 Å². The van der Waals surface area contributed by atoms with Crippen molar-refractivity contribution < 1.29 is 19.7 Å². The lowest BCUT2D eigenvalue weighted by Crippen LogP contribution is -2.27. The van der Waals surface area contributed by atoms with Gasteiger partial charge in [-0.2, -0.15) is 10.5 Å². The maximum Gasteiger partial charge on any atom is 0.189 e. The number of hydrogen-bond acceptors (Lipinski definition) is 6. The summed E-state index contributed by atoms with van der Waals surface area (Å²) in [5.41, 5.74) is 5.59. The number of hydrogen-bond donors (Lipinski definition) is 2. The van der Waals surface area contributed by atoms with Crippen molar-refractivity contribution in [1.82, 2.24) is 0 Å². The first-order valence-electron chi connectivity index (χ1n) is 12.4. The van der Waals surface area contributed by atoms with Gasteiger partial charge >= 0.3 is 0 Å². The Morgan fingerprint density at radius 1 is 0.676 bits per heavy atom. The molecule has 6 rings (SSSR count). The van der Waals surface area contributed by atoms with Crippen LogP contribution >= 0.6 is 0 Å². The number of fused-ring (bicyclic) bond motifs is 6. The molecule has 3 aromatic carbocycles. The van der Waals surface area contributed by atoms with E-state index in [1.807, 2.05) is 26.0 Å². The van der Waals surface area contributed by atoms with Crippen molar-refractivity contribution >= 4 is 0 Å². The fraction of sp³-hybridized carbons (Fsp3) is 0.355. The monoisotopic (exact) mass is 492 g/mol. The number of aromatic hydroxyl groups is 2. The molecule has 6 nitrogen and oxygen atoms in total. The summed E-state index contributed by atoms with van der Waals surface area (Å²) >= 11 is 0. The molecule has 1 aliphatic heterocycles. The van der Waals surface area contributed by atoms with E-state index in [9.17, 15) is 20.7 Å². The Morgan fingerprint density at radius 2 is 1.05 bits per heavy atom. The number of phenols is 2. The van der Waals surface area contributed by atoms with Gasteiger partial charge in [0.1, 0.15) is 23.3 Å². The summed E-state index contributed by atoms with van der Waals surface area (Å²) in [6, 6.07) is 11.9. The van der Waals surface area contributed by atoms with Crippen LogP contribution in [0.25, 0.3) is 0 Å². The van der Waals surface area contributed by atoms with Crippen molar-refractivity contribution in [2.45, 2.75) is 70.6 Å². The van der Waals surface area contributed by atoms with Gasteiger partial charge in [0.2, 0.25) is 0 Å². The molecule has 1 atom stereocenters. The van der Waals surface area contributed by atoms with Crippen LogP contribution in [-0.4, -0.2) is 10.2 Å². The molecule has 37 heavy (non-hydrogen) atoms. The molecule has 0 radical (unpaired) electrons. The third-order valence-electron chi connectivity index (χ3n) is 8.80. The highest BCUT2D eigenvalue weighted by Gasteiger charge is 2.57. The highest BCUT2D eigenvalue weighted by Crippen LogP contribution is 2.65. The maximum atomic E-state index is 10.5. The van der Waals surface area contributed by atoms with E-state index < -0.39 is 0 Å².